The van der Waals surface area contributed by atoms with Crippen molar-refractivity contribution in [3.05, 3.63) is 0 Å². The number of hydrogen-bond donors (Lipinski definition) is 4. The van der Waals surface area contributed by atoms with Crippen LogP contribution in [0.3, 0.4) is 0 Å². The highest BCUT2D eigenvalue weighted by Crippen LogP contribution is 2.31. The van der Waals surface area contributed by atoms with Gasteiger partial charge in [-0.25, -0.2) is 0 Å². The van der Waals surface area contributed by atoms with Crippen LogP contribution in [-0.2, 0) is 0 Å². The maximum atomic E-state index is 8.71. The molecule has 1 N–H and O–H groups in total. The van der Waals surface area contributed by atoms with Gasteiger partial charge in [-0.3, -0.25) is 0 Å². The van der Waals surface area contributed by atoms with Crippen molar-refractivity contribution in [1.29, 1.82) is 0 Å². The number of rotatable bonds is 28. The lowest BCUT2D eigenvalue weighted by Crippen LogP contribution is -1.85. The molecular formula is C28H52N4OS9. The number of thiol groups is 3. The molecule has 0 saturated heterocycles. The third-order valence-electron chi connectivity index (χ3n) is 5.89. The van der Waals surface area contributed by atoms with E-state index in [4.69, 9.17) is 5.11 Å². The van der Waals surface area contributed by atoms with Gasteiger partial charge in [0.25, 0.3) is 0 Å². The molecule has 0 radical (unpaired) electrons. The molecule has 0 atom stereocenters. The Bertz CT molecular complexity index is 702. The van der Waals surface area contributed by atoms with E-state index in [9.17, 15) is 0 Å². The van der Waals surface area contributed by atoms with Crippen LogP contribution in [0.25, 0.3) is 0 Å². The molecule has 0 saturated carbocycles. The monoisotopic (exact) mass is 748 g/mol. The van der Waals surface area contributed by atoms with Crippen molar-refractivity contribution in [1.82, 2.24) is 20.4 Å². The zero-order valence-corrected chi connectivity index (χ0v) is 32.6. The van der Waals surface area contributed by atoms with Gasteiger partial charge in [0.2, 0.25) is 0 Å². The Labute approximate surface area is 297 Å². The van der Waals surface area contributed by atoms with Crippen LogP contribution in [0.1, 0.15) is 103 Å². The maximum absolute atomic E-state index is 8.71. The number of hydrogen-bond acceptors (Lipinski definition) is 14. The average molecular weight is 749 g/mol. The molecule has 2 heterocycles. The molecule has 0 aliphatic rings. The van der Waals surface area contributed by atoms with Crippen LogP contribution >= 0.6 is 108 Å². The lowest BCUT2D eigenvalue weighted by atomic mass is 10.2. The van der Waals surface area contributed by atoms with Crippen LogP contribution in [0.2, 0.25) is 0 Å². The van der Waals surface area contributed by atoms with Crippen LogP contribution in [0.4, 0.5) is 0 Å². The number of aliphatic hydroxyl groups excluding tert-OH is 1. The Morgan fingerprint density at radius 1 is 0.405 bits per heavy atom. The quantitative estimate of drug-likeness (QED) is 0.0387. The zero-order chi connectivity index (χ0) is 30.4. The number of unbranched alkanes of at least 4 members (excludes halogenated alkanes) is 12. The molecule has 244 valence electrons. The fourth-order valence-electron chi connectivity index (χ4n) is 3.54. The number of nitrogens with zero attached hydrogens (tertiary/aromatic N) is 4. The molecule has 0 fully saturated rings. The van der Waals surface area contributed by atoms with Crippen LogP contribution in [-0.4, -0.2) is 72.4 Å². The molecule has 0 aromatic carbocycles. The summed E-state index contributed by atoms with van der Waals surface area (Å²) < 4.78 is 4.45. The third kappa shape index (κ3) is 25.7. The van der Waals surface area contributed by atoms with Crippen LogP contribution in [0.5, 0.6) is 0 Å². The molecule has 2 aromatic rings. The minimum Gasteiger partial charge on any atom is -0.396 e. The van der Waals surface area contributed by atoms with E-state index in [0.29, 0.717) is 6.61 Å². The molecule has 42 heavy (non-hydrogen) atoms. The summed E-state index contributed by atoms with van der Waals surface area (Å²) in [5.41, 5.74) is 0. The molecule has 5 nitrogen and oxygen atoms in total. The van der Waals surface area contributed by atoms with E-state index in [1.54, 1.807) is 22.7 Å². The Morgan fingerprint density at radius 3 is 0.929 bits per heavy atom. The van der Waals surface area contributed by atoms with Gasteiger partial charge in [0, 0.05) is 29.6 Å². The van der Waals surface area contributed by atoms with E-state index in [0.717, 1.165) is 70.5 Å². The van der Waals surface area contributed by atoms with Crippen LogP contribution in [0, 0.1) is 0 Å². The van der Waals surface area contributed by atoms with Gasteiger partial charge in [-0.1, -0.05) is 121 Å². The molecule has 0 amide bonds. The van der Waals surface area contributed by atoms with Crippen molar-refractivity contribution in [2.75, 3.05) is 46.9 Å². The van der Waals surface area contributed by atoms with Crippen LogP contribution in [0.15, 0.2) is 17.4 Å². The Hall–Kier alpha value is 1.53. The summed E-state index contributed by atoms with van der Waals surface area (Å²) in [5.74, 6) is 7.61. The second kappa shape index (κ2) is 32.5. The molecule has 2 aromatic heterocycles. The fraction of sp³-hybridized carbons (Fsp3) is 0.857. The first-order valence-electron chi connectivity index (χ1n) is 15.3. The summed E-state index contributed by atoms with van der Waals surface area (Å²) in [7, 11) is 0. The number of aliphatic hydroxyl groups is 1. The van der Waals surface area contributed by atoms with Gasteiger partial charge in [-0.05, 0) is 68.6 Å². The molecule has 14 heteroatoms. The topological polar surface area (TPSA) is 71.8 Å². The highest BCUT2D eigenvalue weighted by atomic mass is 32.2. The zero-order valence-electron chi connectivity index (χ0n) is 25.0. The van der Waals surface area contributed by atoms with Gasteiger partial charge in [-0.2, -0.15) is 37.9 Å². The standard InChI is InChI=1S/C14H26N2OS4.C14H26N2S5/c2*17-9-5-1-3-7-11-19-13-15-16-14(21-13)20-12-8-4-2-6-10-18/h2*17-18H,1-12H2. The SMILES string of the molecule is OCCCCCCSc1nnc(SCCCCCCS)s1.SCCCCCCSc1nnc(SCCCCCCS)s1. The van der Waals surface area contributed by atoms with Gasteiger partial charge < -0.3 is 5.11 Å². The summed E-state index contributed by atoms with van der Waals surface area (Å²) in [5, 5.41) is 25.7. The van der Waals surface area contributed by atoms with Crippen molar-refractivity contribution in [3.63, 3.8) is 0 Å². The molecule has 0 spiro atoms. The van der Waals surface area contributed by atoms with E-state index in [-0.39, 0.29) is 0 Å². The summed E-state index contributed by atoms with van der Waals surface area (Å²) >= 11 is 23.5. The summed E-state index contributed by atoms with van der Waals surface area (Å²) in [4.78, 5) is 0. The summed E-state index contributed by atoms with van der Waals surface area (Å²) in [6, 6.07) is 0. The van der Waals surface area contributed by atoms with E-state index in [1.165, 1.54) is 89.9 Å². The highest BCUT2D eigenvalue weighted by molar-refractivity contribution is 8.03. The van der Waals surface area contributed by atoms with Gasteiger partial charge >= 0.3 is 0 Å². The largest absolute Gasteiger partial charge is 0.396 e. The van der Waals surface area contributed by atoms with Crippen molar-refractivity contribution >= 4 is 108 Å². The van der Waals surface area contributed by atoms with Crippen LogP contribution < -0.4 is 0 Å². The number of aromatic nitrogens is 4. The predicted molar refractivity (Wildman–Crippen MR) is 205 cm³/mol. The van der Waals surface area contributed by atoms with E-state index >= 15 is 0 Å². The van der Waals surface area contributed by atoms with Crippen molar-refractivity contribution in [2.45, 2.75) is 120 Å². The van der Waals surface area contributed by atoms with Gasteiger partial charge in [0.1, 0.15) is 0 Å². The number of thioether (sulfide) groups is 4. The summed E-state index contributed by atoms with van der Waals surface area (Å²) in [6.45, 7) is 0.318. The first-order chi connectivity index (χ1) is 20.7. The Kier molecular flexibility index (Phi) is 32.1. The van der Waals surface area contributed by atoms with Crippen molar-refractivity contribution < 1.29 is 5.11 Å². The van der Waals surface area contributed by atoms with Crippen molar-refractivity contribution in [3.8, 4) is 0 Å². The molecule has 0 aliphatic heterocycles. The first-order valence-corrected chi connectivity index (χ1v) is 22.8. The first kappa shape index (κ1) is 41.6. The fourth-order valence-corrected chi connectivity index (χ4v) is 10.5. The minimum atomic E-state index is 0.318. The summed E-state index contributed by atoms with van der Waals surface area (Å²) in [6.07, 6.45) is 19.7. The smallest absolute Gasteiger partial charge is 0.175 e. The van der Waals surface area contributed by atoms with Gasteiger partial charge in [0.05, 0.1) is 0 Å². The van der Waals surface area contributed by atoms with E-state index in [2.05, 4.69) is 58.3 Å². The Balaban J connectivity index is 0.000000420. The molecule has 0 unspecified atom stereocenters. The lowest BCUT2D eigenvalue weighted by molar-refractivity contribution is 0.283. The second-order valence-corrected chi connectivity index (χ2v) is 18.3. The minimum absolute atomic E-state index is 0.318. The maximum Gasteiger partial charge on any atom is 0.175 e. The molecular weight excluding hydrogens is 697 g/mol. The third-order valence-corrected chi connectivity index (χ3v) is 13.6. The van der Waals surface area contributed by atoms with Gasteiger partial charge in [0.15, 0.2) is 17.4 Å². The van der Waals surface area contributed by atoms with E-state index in [1.807, 2.05) is 47.0 Å². The van der Waals surface area contributed by atoms with Gasteiger partial charge in [-0.15, -0.1) is 20.4 Å². The normalized spacial score (nSPS) is 11.1. The van der Waals surface area contributed by atoms with Crippen molar-refractivity contribution in [2.24, 2.45) is 0 Å². The molecule has 2 rings (SSSR count). The molecule has 0 bridgehead atoms. The second-order valence-electron chi connectivity index (χ2n) is 9.61. The molecule has 0 aliphatic carbocycles. The Morgan fingerprint density at radius 2 is 0.667 bits per heavy atom. The highest BCUT2D eigenvalue weighted by Gasteiger charge is 2.06. The van der Waals surface area contributed by atoms with E-state index < -0.39 is 0 Å². The predicted octanol–water partition coefficient (Wildman–Crippen LogP) is 10.5. The lowest BCUT2D eigenvalue weighted by Gasteiger charge is -1.98. The average Bonchev–Trinajstić information content (AvgIpc) is 3.66.